The van der Waals surface area contributed by atoms with Crippen LogP contribution < -0.4 is 0 Å². The molecular formula is C17H15ClN4O4S. The molecule has 0 saturated carbocycles. The number of hydrogen-bond acceptors (Lipinski definition) is 7. The van der Waals surface area contributed by atoms with Crippen LogP contribution in [0.1, 0.15) is 12.0 Å². The Balaban J connectivity index is 1.56. The molecule has 0 N–H and O–H groups in total. The number of pyridine rings is 1. The normalized spacial score (nSPS) is 18.5. The summed E-state index contributed by atoms with van der Waals surface area (Å²) in [6.45, 7) is 0.511. The molecule has 1 fully saturated rings. The second-order valence-corrected chi connectivity index (χ2v) is 8.23. The highest BCUT2D eigenvalue weighted by Crippen LogP contribution is 2.27. The molecule has 4 rings (SSSR count). The van der Waals surface area contributed by atoms with Crippen LogP contribution in [0.5, 0.6) is 0 Å². The van der Waals surface area contributed by atoms with Gasteiger partial charge in [0.05, 0.1) is 11.5 Å². The van der Waals surface area contributed by atoms with Gasteiger partial charge in [-0.25, -0.2) is 8.42 Å². The summed E-state index contributed by atoms with van der Waals surface area (Å²) in [5.41, 5.74) is 0.562. The van der Waals surface area contributed by atoms with E-state index in [2.05, 4.69) is 15.1 Å². The summed E-state index contributed by atoms with van der Waals surface area (Å²) < 4.78 is 38.0. The van der Waals surface area contributed by atoms with Crippen LogP contribution in [-0.4, -0.2) is 47.5 Å². The van der Waals surface area contributed by atoms with Crippen LogP contribution in [0.4, 0.5) is 0 Å². The van der Waals surface area contributed by atoms with Crippen LogP contribution in [0.15, 0.2) is 58.1 Å². The zero-order valence-electron chi connectivity index (χ0n) is 14.0. The Morgan fingerprint density at radius 3 is 2.85 bits per heavy atom. The number of ether oxygens (including phenoxy) is 1. The summed E-state index contributed by atoms with van der Waals surface area (Å²) in [5, 5.41) is 4.26. The van der Waals surface area contributed by atoms with Gasteiger partial charge in [0.2, 0.25) is 15.8 Å². The molecule has 0 radical (unpaired) electrons. The van der Waals surface area contributed by atoms with Gasteiger partial charge < -0.3 is 9.26 Å². The highest BCUT2D eigenvalue weighted by molar-refractivity contribution is 7.89. The lowest BCUT2D eigenvalue weighted by molar-refractivity contribution is -0.0199. The number of nitrogens with zero attached hydrogens (tertiary/aromatic N) is 4. The molecule has 0 bridgehead atoms. The summed E-state index contributed by atoms with van der Waals surface area (Å²) in [5.74, 6) is 0.533. The number of halogens is 1. The molecule has 2 aromatic heterocycles. The number of aromatic nitrogens is 3. The van der Waals surface area contributed by atoms with Gasteiger partial charge in [0.1, 0.15) is 5.69 Å². The lowest BCUT2D eigenvalue weighted by atomic mass is 10.3. The van der Waals surface area contributed by atoms with Crippen molar-refractivity contribution in [1.29, 1.82) is 0 Å². The van der Waals surface area contributed by atoms with Gasteiger partial charge in [0, 0.05) is 24.3 Å². The van der Waals surface area contributed by atoms with E-state index in [0.29, 0.717) is 16.5 Å². The zero-order chi connectivity index (χ0) is 18.9. The summed E-state index contributed by atoms with van der Waals surface area (Å²) >= 11 is 5.93. The molecule has 3 heterocycles. The summed E-state index contributed by atoms with van der Waals surface area (Å²) in [4.78, 5) is 8.60. The molecule has 1 aliphatic rings. The first-order valence-corrected chi connectivity index (χ1v) is 9.98. The minimum Gasteiger partial charge on any atom is -0.366 e. The van der Waals surface area contributed by atoms with Crippen LogP contribution in [-0.2, 0) is 14.8 Å². The SMILES string of the molecule is O=S(=O)(c1cccc(Cl)c1)N1CCO[C@@H](c2nc(-c3ccccn3)no2)C1. The predicted octanol–water partition coefficient (Wildman–Crippen LogP) is 2.55. The third-order valence-electron chi connectivity index (χ3n) is 4.07. The average molecular weight is 407 g/mol. The standard InChI is InChI=1S/C17H15ClN4O4S/c18-12-4-3-5-13(10-12)27(23,24)22-8-9-25-15(11-22)17-20-16(21-26-17)14-6-1-2-7-19-14/h1-7,10,15H,8-9,11H2/t15-/m1/s1. The number of morpholine rings is 1. The third-order valence-corrected chi connectivity index (χ3v) is 6.17. The fourth-order valence-electron chi connectivity index (χ4n) is 2.73. The molecule has 0 unspecified atom stereocenters. The molecule has 0 aliphatic carbocycles. The third kappa shape index (κ3) is 3.72. The molecule has 3 aromatic rings. The van der Waals surface area contributed by atoms with Gasteiger partial charge in [-0.1, -0.05) is 28.9 Å². The van der Waals surface area contributed by atoms with Crippen molar-refractivity contribution in [2.45, 2.75) is 11.0 Å². The lowest BCUT2D eigenvalue weighted by Crippen LogP contribution is -2.42. The summed E-state index contributed by atoms with van der Waals surface area (Å²) in [6.07, 6.45) is 0.972. The monoisotopic (exact) mass is 406 g/mol. The van der Waals surface area contributed by atoms with Gasteiger partial charge in [-0.05, 0) is 30.3 Å². The molecule has 1 atom stereocenters. The molecule has 8 nitrogen and oxygen atoms in total. The average Bonchev–Trinajstić information content (AvgIpc) is 3.19. The fourth-order valence-corrected chi connectivity index (χ4v) is 4.46. The van der Waals surface area contributed by atoms with Crippen LogP contribution in [0, 0.1) is 0 Å². The summed E-state index contributed by atoms with van der Waals surface area (Å²) in [7, 11) is -3.70. The van der Waals surface area contributed by atoms with Crippen LogP contribution in [0.3, 0.4) is 0 Å². The maximum absolute atomic E-state index is 12.9. The van der Waals surface area contributed by atoms with Crippen molar-refractivity contribution < 1.29 is 17.7 Å². The molecule has 1 aromatic carbocycles. The van der Waals surface area contributed by atoms with Gasteiger partial charge in [-0.3, -0.25) is 4.98 Å². The first kappa shape index (κ1) is 18.1. The first-order chi connectivity index (χ1) is 13.0. The Bertz CT molecular complexity index is 1040. The Morgan fingerprint density at radius 2 is 2.07 bits per heavy atom. The predicted molar refractivity (Wildman–Crippen MR) is 96.4 cm³/mol. The Kier molecular flexibility index (Phi) is 4.92. The van der Waals surface area contributed by atoms with Crippen molar-refractivity contribution in [3.05, 3.63) is 59.6 Å². The number of benzene rings is 1. The molecule has 1 aliphatic heterocycles. The quantitative estimate of drug-likeness (QED) is 0.656. The Morgan fingerprint density at radius 1 is 1.19 bits per heavy atom. The highest BCUT2D eigenvalue weighted by Gasteiger charge is 2.34. The Labute approximate surface area is 160 Å². The molecule has 140 valence electrons. The molecule has 1 saturated heterocycles. The van der Waals surface area contributed by atoms with E-state index in [0.717, 1.165) is 0 Å². The van der Waals surface area contributed by atoms with E-state index in [1.54, 1.807) is 30.5 Å². The smallest absolute Gasteiger partial charge is 0.257 e. The number of hydrogen-bond donors (Lipinski definition) is 0. The lowest BCUT2D eigenvalue weighted by Gasteiger charge is -2.30. The van der Waals surface area contributed by atoms with Crippen molar-refractivity contribution in [2.75, 3.05) is 19.7 Å². The largest absolute Gasteiger partial charge is 0.366 e. The van der Waals surface area contributed by atoms with E-state index in [9.17, 15) is 8.42 Å². The van der Waals surface area contributed by atoms with E-state index in [1.807, 2.05) is 6.07 Å². The molecular weight excluding hydrogens is 392 g/mol. The van der Waals surface area contributed by atoms with Gasteiger partial charge in [-0.15, -0.1) is 0 Å². The van der Waals surface area contributed by atoms with E-state index in [1.165, 1.54) is 16.4 Å². The minimum atomic E-state index is -3.70. The summed E-state index contributed by atoms with van der Waals surface area (Å²) in [6, 6.07) is 11.5. The zero-order valence-corrected chi connectivity index (χ0v) is 15.6. The van der Waals surface area contributed by atoms with E-state index < -0.39 is 16.1 Å². The highest BCUT2D eigenvalue weighted by atomic mass is 35.5. The van der Waals surface area contributed by atoms with Gasteiger partial charge in [0.15, 0.2) is 6.10 Å². The van der Waals surface area contributed by atoms with Crippen molar-refractivity contribution in [3.8, 4) is 11.5 Å². The maximum atomic E-state index is 12.9. The molecule has 0 amide bonds. The molecule has 0 spiro atoms. The van der Waals surface area contributed by atoms with Crippen molar-refractivity contribution in [2.24, 2.45) is 0 Å². The van der Waals surface area contributed by atoms with Gasteiger partial charge in [0.25, 0.3) is 5.89 Å². The van der Waals surface area contributed by atoms with Gasteiger partial charge >= 0.3 is 0 Å². The van der Waals surface area contributed by atoms with Crippen LogP contribution >= 0.6 is 11.6 Å². The topological polar surface area (TPSA) is 98.4 Å². The fraction of sp³-hybridized carbons (Fsp3) is 0.235. The minimum absolute atomic E-state index is 0.0682. The van der Waals surface area contributed by atoms with Crippen molar-refractivity contribution in [3.63, 3.8) is 0 Å². The second-order valence-electron chi connectivity index (χ2n) is 5.85. The van der Waals surface area contributed by atoms with E-state index in [4.69, 9.17) is 20.9 Å². The van der Waals surface area contributed by atoms with E-state index in [-0.39, 0.29) is 30.5 Å². The van der Waals surface area contributed by atoms with Crippen molar-refractivity contribution in [1.82, 2.24) is 19.4 Å². The maximum Gasteiger partial charge on any atom is 0.257 e. The van der Waals surface area contributed by atoms with E-state index >= 15 is 0 Å². The van der Waals surface area contributed by atoms with Crippen molar-refractivity contribution >= 4 is 21.6 Å². The molecule has 10 heteroatoms. The van der Waals surface area contributed by atoms with Crippen LogP contribution in [0.25, 0.3) is 11.5 Å². The Hall–Kier alpha value is -2.33. The number of rotatable bonds is 4. The second kappa shape index (κ2) is 7.35. The van der Waals surface area contributed by atoms with Crippen LogP contribution in [0.2, 0.25) is 5.02 Å². The van der Waals surface area contributed by atoms with Gasteiger partial charge in [-0.2, -0.15) is 9.29 Å². The first-order valence-electron chi connectivity index (χ1n) is 8.16. The molecule has 27 heavy (non-hydrogen) atoms. The number of sulfonamides is 1.